The van der Waals surface area contributed by atoms with Gasteiger partial charge in [0, 0.05) is 28.9 Å². The van der Waals surface area contributed by atoms with Crippen LogP contribution in [0.5, 0.6) is 0 Å². The second kappa shape index (κ2) is 5.91. The first-order chi connectivity index (χ1) is 7.90. The summed E-state index contributed by atoms with van der Waals surface area (Å²) in [5.74, 6) is -0.0645. The molecule has 0 radical (unpaired) electrons. The Bertz CT molecular complexity index is 340. The first-order valence-corrected chi connectivity index (χ1v) is 7.83. The number of carbonyl (C=O) groups is 1. The first kappa shape index (κ1) is 14.6. The van der Waals surface area contributed by atoms with Crippen LogP contribution in [0, 0.1) is 5.41 Å². The highest BCUT2D eigenvalue weighted by atomic mass is 32.2. The SMILES string of the molecule is CC(CCNC(=O)C1(C(N)=S)CCC1)S(C)=O. The van der Waals surface area contributed by atoms with Gasteiger partial charge in [-0.25, -0.2) is 0 Å². The third-order valence-corrected chi connectivity index (χ3v) is 5.28. The molecule has 1 rings (SSSR count). The Morgan fingerprint density at radius 2 is 2.18 bits per heavy atom. The van der Waals surface area contributed by atoms with E-state index in [9.17, 15) is 9.00 Å². The number of nitrogens with one attached hydrogen (secondary N) is 1. The molecule has 0 aromatic heterocycles. The number of carbonyl (C=O) groups excluding carboxylic acids is 1. The van der Waals surface area contributed by atoms with Crippen molar-refractivity contribution in [2.75, 3.05) is 12.8 Å². The Labute approximate surface area is 110 Å². The number of nitrogens with two attached hydrogens (primary N) is 1. The largest absolute Gasteiger partial charge is 0.392 e. The van der Waals surface area contributed by atoms with Gasteiger partial charge in [0.2, 0.25) is 5.91 Å². The molecule has 98 valence electrons. The molecule has 0 spiro atoms. The fourth-order valence-electron chi connectivity index (χ4n) is 1.84. The molecule has 4 nitrogen and oxygen atoms in total. The molecule has 2 atom stereocenters. The molecule has 0 aliphatic heterocycles. The highest BCUT2D eigenvalue weighted by Gasteiger charge is 2.46. The van der Waals surface area contributed by atoms with Gasteiger partial charge < -0.3 is 11.1 Å². The first-order valence-electron chi connectivity index (χ1n) is 5.80. The van der Waals surface area contributed by atoms with Gasteiger partial charge in [-0.1, -0.05) is 25.6 Å². The van der Waals surface area contributed by atoms with E-state index in [1.807, 2.05) is 6.92 Å². The quantitative estimate of drug-likeness (QED) is 0.701. The second-order valence-electron chi connectivity index (χ2n) is 4.65. The third-order valence-electron chi connectivity index (χ3n) is 3.52. The Kier molecular flexibility index (Phi) is 5.06. The number of hydrogen-bond acceptors (Lipinski definition) is 3. The molecule has 2 unspecified atom stereocenters. The van der Waals surface area contributed by atoms with Crippen molar-refractivity contribution in [3.05, 3.63) is 0 Å². The van der Waals surface area contributed by atoms with Gasteiger partial charge in [-0.3, -0.25) is 9.00 Å². The molecule has 1 amide bonds. The van der Waals surface area contributed by atoms with E-state index in [1.54, 1.807) is 6.26 Å². The molecule has 1 saturated carbocycles. The van der Waals surface area contributed by atoms with Crippen LogP contribution in [0.3, 0.4) is 0 Å². The average molecular weight is 276 g/mol. The second-order valence-corrected chi connectivity index (χ2v) is 6.90. The summed E-state index contributed by atoms with van der Waals surface area (Å²) < 4.78 is 11.1. The average Bonchev–Trinajstić information content (AvgIpc) is 2.14. The van der Waals surface area contributed by atoms with E-state index >= 15 is 0 Å². The fourth-order valence-corrected chi connectivity index (χ4v) is 2.59. The lowest BCUT2D eigenvalue weighted by molar-refractivity contribution is -0.130. The maximum absolute atomic E-state index is 12.0. The van der Waals surface area contributed by atoms with E-state index in [0.29, 0.717) is 18.0 Å². The maximum atomic E-state index is 12.0. The van der Waals surface area contributed by atoms with Crippen molar-refractivity contribution in [2.24, 2.45) is 11.1 Å². The van der Waals surface area contributed by atoms with E-state index in [1.165, 1.54) is 0 Å². The van der Waals surface area contributed by atoms with Crippen LogP contribution in [0.2, 0.25) is 0 Å². The van der Waals surface area contributed by atoms with E-state index in [4.69, 9.17) is 18.0 Å². The van der Waals surface area contributed by atoms with Gasteiger partial charge in [-0.2, -0.15) is 0 Å². The van der Waals surface area contributed by atoms with Gasteiger partial charge in [0.15, 0.2) is 0 Å². The smallest absolute Gasteiger partial charge is 0.233 e. The van der Waals surface area contributed by atoms with Crippen molar-refractivity contribution in [1.82, 2.24) is 5.32 Å². The molecular formula is C11H20N2O2S2. The molecule has 0 bridgehead atoms. The molecular weight excluding hydrogens is 256 g/mol. The molecule has 0 saturated heterocycles. The Balaban J connectivity index is 2.39. The highest BCUT2D eigenvalue weighted by molar-refractivity contribution is 7.84. The van der Waals surface area contributed by atoms with E-state index in [2.05, 4.69) is 5.32 Å². The summed E-state index contributed by atoms with van der Waals surface area (Å²) in [7, 11) is -0.845. The molecule has 0 aromatic carbocycles. The van der Waals surface area contributed by atoms with Crippen molar-refractivity contribution in [3.63, 3.8) is 0 Å². The lowest BCUT2D eigenvalue weighted by Gasteiger charge is -2.39. The van der Waals surface area contributed by atoms with Crippen LogP contribution < -0.4 is 11.1 Å². The zero-order valence-electron chi connectivity index (χ0n) is 10.3. The van der Waals surface area contributed by atoms with E-state index < -0.39 is 16.2 Å². The lowest BCUT2D eigenvalue weighted by Crippen LogP contribution is -2.53. The standard InChI is InChI=1S/C11H20N2O2S2/c1-8(17(2)15)4-7-13-10(14)11(9(12)16)5-3-6-11/h8H,3-7H2,1-2H3,(H2,12,16)(H,13,14). The van der Waals surface area contributed by atoms with E-state index in [0.717, 1.165) is 19.3 Å². The summed E-state index contributed by atoms with van der Waals surface area (Å²) in [6.45, 7) is 2.44. The van der Waals surface area contributed by atoms with Gasteiger partial charge in [-0.05, 0) is 19.3 Å². The normalized spacial score (nSPS) is 21.1. The molecule has 1 aliphatic rings. The molecule has 6 heteroatoms. The summed E-state index contributed by atoms with van der Waals surface area (Å²) >= 11 is 4.97. The van der Waals surface area contributed by atoms with Crippen LogP contribution in [0.15, 0.2) is 0 Å². The number of amides is 1. The van der Waals surface area contributed by atoms with Crippen LogP contribution in [0.1, 0.15) is 32.6 Å². The van der Waals surface area contributed by atoms with E-state index in [-0.39, 0.29) is 11.2 Å². The van der Waals surface area contributed by atoms with Crippen molar-refractivity contribution in [3.8, 4) is 0 Å². The summed E-state index contributed by atoms with van der Waals surface area (Å²) in [6, 6.07) is 0. The molecule has 0 aromatic rings. The molecule has 1 fully saturated rings. The van der Waals surface area contributed by atoms with Gasteiger partial charge in [-0.15, -0.1) is 0 Å². The van der Waals surface area contributed by atoms with Gasteiger partial charge in [0.25, 0.3) is 0 Å². The zero-order valence-corrected chi connectivity index (χ0v) is 12.0. The van der Waals surface area contributed by atoms with Crippen molar-refractivity contribution < 1.29 is 9.00 Å². The van der Waals surface area contributed by atoms with Gasteiger partial charge >= 0.3 is 0 Å². The monoisotopic (exact) mass is 276 g/mol. The Hall–Kier alpha value is -0.490. The van der Waals surface area contributed by atoms with Crippen molar-refractivity contribution >= 4 is 33.9 Å². The maximum Gasteiger partial charge on any atom is 0.233 e. The predicted molar refractivity (Wildman–Crippen MR) is 74.2 cm³/mol. The van der Waals surface area contributed by atoms with Crippen molar-refractivity contribution in [2.45, 2.75) is 37.9 Å². The lowest BCUT2D eigenvalue weighted by atomic mass is 9.68. The predicted octanol–water partition coefficient (Wildman–Crippen LogP) is 0.716. The molecule has 3 N–H and O–H groups in total. The minimum atomic E-state index is -0.845. The van der Waals surface area contributed by atoms with Crippen LogP contribution in [-0.4, -0.2) is 33.2 Å². The minimum Gasteiger partial charge on any atom is -0.392 e. The minimum absolute atomic E-state index is 0.0645. The van der Waals surface area contributed by atoms with Crippen LogP contribution in [-0.2, 0) is 15.6 Å². The molecule has 17 heavy (non-hydrogen) atoms. The summed E-state index contributed by atoms with van der Waals surface area (Å²) in [5.41, 5.74) is 5.03. The van der Waals surface area contributed by atoms with Crippen LogP contribution in [0.4, 0.5) is 0 Å². The number of rotatable bonds is 6. The summed E-state index contributed by atoms with van der Waals surface area (Å²) in [5, 5.41) is 2.95. The van der Waals surface area contributed by atoms with Gasteiger partial charge in [0.05, 0.1) is 10.4 Å². The van der Waals surface area contributed by atoms with Crippen LogP contribution in [0.25, 0.3) is 0 Å². The number of thiocarbonyl (C=S) groups is 1. The fraction of sp³-hybridized carbons (Fsp3) is 0.818. The third kappa shape index (κ3) is 3.25. The molecule has 1 aliphatic carbocycles. The van der Waals surface area contributed by atoms with Crippen LogP contribution >= 0.6 is 12.2 Å². The molecule has 0 heterocycles. The number of hydrogen-bond donors (Lipinski definition) is 2. The zero-order chi connectivity index (χ0) is 13.1. The van der Waals surface area contributed by atoms with Crippen molar-refractivity contribution in [1.29, 1.82) is 0 Å². The summed E-state index contributed by atoms with van der Waals surface area (Å²) in [4.78, 5) is 12.3. The Morgan fingerprint density at radius 3 is 2.53 bits per heavy atom. The van der Waals surface area contributed by atoms with Gasteiger partial charge in [0.1, 0.15) is 0 Å². The summed E-state index contributed by atoms with van der Waals surface area (Å²) in [6.07, 6.45) is 4.89. The topological polar surface area (TPSA) is 72.2 Å². The Morgan fingerprint density at radius 1 is 1.59 bits per heavy atom. The highest BCUT2D eigenvalue weighted by Crippen LogP contribution is 2.41.